The largest absolute Gasteiger partial charge is 0.353 e. The zero-order valence-electron chi connectivity index (χ0n) is 10.4. The van der Waals surface area contributed by atoms with Gasteiger partial charge in [0.25, 0.3) is 0 Å². The fourth-order valence-corrected chi connectivity index (χ4v) is 2.00. The zero-order chi connectivity index (χ0) is 11.6. The van der Waals surface area contributed by atoms with Gasteiger partial charge in [-0.15, -0.1) is 12.3 Å². The van der Waals surface area contributed by atoms with Crippen LogP contribution in [0.25, 0.3) is 0 Å². The van der Waals surface area contributed by atoms with Gasteiger partial charge in [0.1, 0.15) is 0 Å². The molecule has 2 heteroatoms. The molecule has 0 aromatic heterocycles. The highest BCUT2D eigenvalue weighted by Crippen LogP contribution is 2.19. The van der Waals surface area contributed by atoms with Crippen molar-refractivity contribution < 1.29 is 9.47 Å². The fraction of sp³-hybridized carbons (Fsp3) is 0.857. The molecule has 1 saturated heterocycles. The molecule has 0 aromatic carbocycles. The van der Waals surface area contributed by atoms with E-state index in [0.717, 1.165) is 25.9 Å². The number of hydrogen-bond donors (Lipinski definition) is 0. The van der Waals surface area contributed by atoms with Crippen LogP contribution in [-0.4, -0.2) is 19.0 Å². The maximum atomic E-state index is 5.91. The zero-order valence-corrected chi connectivity index (χ0v) is 10.4. The topological polar surface area (TPSA) is 18.5 Å². The molecule has 0 radical (unpaired) electrons. The minimum atomic E-state index is -0.00581. The van der Waals surface area contributed by atoms with Crippen molar-refractivity contribution in [3.8, 4) is 12.3 Å². The van der Waals surface area contributed by atoms with Crippen molar-refractivity contribution in [1.82, 2.24) is 0 Å². The Labute approximate surface area is 99.7 Å². The van der Waals surface area contributed by atoms with Gasteiger partial charge in [-0.3, -0.25) is 0 Å². The molecule has 0 spiro atoms. The summed E-state index contributed by atoms with van der Waals surface area (Å²) in [6.07, 6.45) is 14.4. The molecule has 0 bridgehead atoms. The predicted octanol–water partition coefficient (Wildman–Crippen LogP) is 3.50. The minimum absolute atomic E-state index is 0.00581. The van der Waals surface area contributed by atoms with Crippen LogP contribution in [0.4, 0.5) is 0 Å². The van der Waals surface area contributed by atoms with Gasteiger partial charge in [-0.1, -0.05) is 26.2 Å². The summed E-state index contributed by atoms with van der Waals surface area (Å²) in [5, 5.41) is 0. The quantitative estimate of drug-likeness (QED) is 0.487. The Morgan fingerprint density at radius 3 is 2.94 bits per heavy atom. The van der Waals surface area contributed by atoms with E-state index < -0.39 is 0 Å². The second kappa shape index (κ2) is 8.61. The molecule has 1 aliphatic heterocycles. The molecule has 0 aromatic rings. The number of unbranched alkanes of at least 4 members (excludes halogenated alkanes) is 2. The molecule has 0 amide bonds. The molecule has 2 unspecified atom stereocenters. The molecular formula is C14H24O2. The van der Waals surface area contributed by atoms with E-state index in [-0.39, 0.29) is 12.4 Å². The van der Waals surface area contributed by atoms with E-state index in [0.29, 0.717) is 6.42 Å². The van der Waals surface area contributed by atoms with Crippen molar-refractivity contribution >= 4 is 0 Å². The third-order valence-electron chi connectivity index (χ3n) is 2.96. The molecule has 2 nitrogen and oxygen atoms in total. The van der Waals surface area contributed by atoms with Crippen molar-refractivity contribution in [2.45, 2.75) is 70.7 Å². The number of terminal acetylenes is 1. The van der Waals surface area contributed by atoms with Crippen molar-refractivity contribution in [3.63, 3.8) is 0 Å². The highest BCUT2D eigenvalue weighted by molar-refractivity contribution is 4.87. The van der Waals surface area contributed by atoms with E-state index in [9.17, 15) is 0 Å². The Balaban J connectivity index is 2.22. The monoisotopic (exact) mass is 224 g/mol. The Bertz CT molecular complexity index is 201. The van der Waals surface area contributed by atoms with Crippen LogP contribution < -0.4 is 0 Å². The Hall–Kier alpha value is -0.520. The molecule has 0 aliphatic carbocycles. The lowest BCUT2D eigenvalue weighted by Gasteiger charge is -2.27. The summed E-state index contributed by atoms with van der Waals surface area (Å²) in [4.78, 5) is 0. The molecule has 16 heavy (non-hydrogen) atoms. The molecule has 1 fully saturated rings. The third-order valence-corrected chi connectivity index (χ3v) is 2.96. The minimum Gasteiger partial charge on any atom is -0.353 e. The van der Waals surface area contributed by atoms with Crippen LogP contribution in [0.5, 0.6) is 0 Å². The summed E-state index contributed by atoms with van der Waals surface area (Å²) in [7, 11) is 0. The predicted molar refractivity (Wildman–Crippen MR) is 66.1 cm³/mol. The van der Waals surface area contributed by atoms with E-state index in [1.807, 2.05) is 0 Å². The first-order valence-corrected chi connectivity index (χ1v) is 6.57. The highest BCUT2D eigenvalue weighted by Gasteiger charge is 2.18. The normalized spacial score (nSPS) is 22.6. The molecule has 92 valence electrons. The molecule has 0 saturated carbocycles. The summed E-state index contributed by atoms with van der Waals surface area (Å²) < 4.78 is 11.5. The summed E-state index contributed by atoms with van der Waals surface area (Å²) in [5.41, 5.74) is 0. The standard InChI is InChI=1S/C14H24O2/c1-3-5-6-10-13(9-4-2)16-14-11-7-8-12-15-14/h2,13-14H,3,5-12H2,1H3. The van der Waals surface area contributed by atoms with Crippen molar-refractivity contribution in [1.29, 1.82) is 0 Å². The maximum absolute atomic E-state index is 5.91. The molecule has 2 atom stereocenters. The molecule has 0 N–H and O–H groups in total. The summed E-state index contributed by atoms with van der Waals surface area (Å²) in [6.45, 7) is 3.05. The van der Waals surface area contributed by atoms with E-state index in [1.165, 1.54) is 25.7 Å². The van der Waals surface area contributed by atoms with Crippen LogP contribution in [-0.2, 0) is 9.47 Å². The Morgan fingerprint density at radius 1 is 1.44 bits per heavy atom. The summed E-state index contributed by atoms with van der Waals surface area (Å²) >= 11 is 0. The van der Waals surface area contributed by atoms with Crippen LogP contribution in [0, 0.1) is 12.3 Å². The Kier molecular flexibility index (Phi) is 7.29. The van der Waals surface area contributed by atoms with Gasteiger partial charge in [-0.2, -0.15) is 0 Å². The lowest BCUT2D eigenvalue weighted by Crippen LogP contribution is -2.27. The molecule has 1 heterocycles. The first kappa shape index (κ1) is 13.5. The van der Waals surface area contributed by atoms with E-state index >= 15 is 0 Å². The summed E-state index contributed by atoms with van der Waals surface area (Å²) in [6, 6.07) is 0. The lowest BCUT2D eigenvalue weighted by atomic mass is 10.1. The number of hydrogen-bond acceptors (Lipinski definition) is 2. The third kappa shape index (κ3) is 5.53. The van der Waals surface area contributed by atoms with Crippen molar-refractivity contribution in [2.75, 3.05) is 6.61 Å². The van der Waals surface area contributed by atoms with Gasteiger partial charge >= 0.3 is 0 Å². The molecule has 1 rings (SSSR count). The highest BCUT2D eigenvalue weighted by atomic mass is 16.7. The molecule has 1 aliphatic rings. The van der Waals surface area contributed by atoms with Gasteiger partial charge in [0, 0.05) is 13.0 Å². The van der Waals surface area contributed by atoms with Crippen LogP contribution >= 0.6 is 0 Å². The van der Waals surface area contributed by atoms with Gasteiger partial charge < -0.3 is 9.47 Å². The van der Waals surface area contributed by atoms with Crippen molar-refractivity contribution in [2.24, 2.45) is 0 Å². The number of ether oxygens (including phenoxy) is 2. The van der Waals surface area contributed by atoms with Gasteiger partial charge in [0.05, 0.1) is 6.10 Å². The van der Waals surface area contributed by atoms with Gasteiger partial charge in [0.2, 0.25) is 0 Å². The number of rotatable bonds is 7. The average molecular weight is 224 g/mol. The van der Waals surface area contributed by atoms with Crippen LogP contribution in [0.15, 0.2) is 0 Å². The van der Waals surface area contributed by atoms with E-state index in [2.05, 4.69) is 12.8 Å². The van der Waals surface area contributed by atoms with Crippen LogP contribution in [0.1, 0.15) is 58.3 Å². The first-order valence-electron chi connectivity index (χ1n) is 6.57. The molecular weight excluding hydrogens is 200 g/mol. The fourth-order valence-electron chi connectivity index (χ4n) is 2.00. The van der Waals surface area contributed by atoms with Crippen LogP contribution in [0.2, 0.25) is 0 Å². The lowest BCUT2D eigenvalue weighted by molar-refractivity contribution is -0.188. The Morgan fingerprint density at radius 2 is 2.31 bits per heavy atom. The second-order valence-corrected chi connectivity index (χ2v) is 4.46. The average Bonchev–Trinajstić information content (AvgIpc) is 2.31. The van der Waals surface area contributed by atoms with Gasteiger partial charge in [0.15, 0.2) is 6.29 Å². The van der Waals surface area contributed by atoms with Gasteiger partial charge in [-0.25, -0.2) is 0 Å². The smallest absolute Gasteiger partial charge is 0.157 e. The van der Waals surface area contributed by atoms with E-state index in [1.54, 1.807) is 0 Å². The van der Waals surface area contributed by atoms with E-state index in [4.69, 9.17) is 15.9 Å². The van der Waals surface area contributed by atoms with Crippen molar-refractivity contribution in [3.05, 3.63) is 0 Å². The maximum Gasteiger partial charge on any atom is 0.157 e. The SMILES string of the molecule is C#CCC(CCCCC)OC1CCCCO1. The van der Waals surface area contributed by atoms with Crippen LogP contribution in [0.3, 0.4) is 0 Å². The first-order chi connectivity index (χ1) is 7.86. The second-order valence-electron chi connectivity index (χ2n) is 4.46. The summed E-state index contributed by atoms with van der Waals surface area (Å²) in [5.74, 6) is 2.70. The van der Waals surface area contributed by atoms with Gasteiger partial charge in [-0.05, 0) is 25.7 Å².